The summed E-state index contributed by atoms with van der Waals surface area (Å²) >= 11 is 0. The Bertz CT molecular complexity index is 252. The summed E-state index contributed by atoms with van der Waals surface area (Å²) in [5.41, 5.74) is 5.88. The molecule has 0 saturated carbocycles. The summed E-state index contributed by atoms with van der Waals surface area (Å²) in [6.07, 6.45) is 0. The lowest BCUT2D eigenvalue weighted by atomic mass is 10.4. The van der Waals surface area contributed by atoms with Crippen LogP contribution >= 0.6 is 0 Å². The first-order valence-electron chi connectivity index (χ1n) is 3.42. The highest BCUT2D eigenvalue weighted by atomic mass is 16.3. The SMILES string of the molecule is C=C(N)c1ccc(CNC)o1. The van der Waals surface area contributed by atoms with Crippen LogP contribution in [0.25, 0.3) is 5.70 Å². The molecule has 0 fully saturated rings. The Labute approximate surface area is 65.9 Å². The van der Waals surface area contributed by atoms with Gasteiger partial charge in [0.25, 0.3) is 0 Å². The van der Waals surface area contributed by atoms with E-state index in [2.05, 4.69) is 11.9 Å². The molecule has 0 aliphatic carbocycles. The molecule has 3 heteroatoms. The molecule has 0 amide bonds. The fourth-order valence-corrected chi connectivity index (χ4v) is 0.820. The third-order valence-corrected chi connectivity index (χ3v) is 1.33. The van der Waals surface area contributed by atoms with Crippen molar-refractivity contribution in [1.29, 1.82) is 0 Å². The van der Waals surface area contributed by atoms with E-state index in [1.807, 2.05) is 19.2 Å². The fraction of sp³-hybridized carbons (Fsp3) is 0.250. The van der Waals surface area contributed by atoms with Crippen LogP contribution in [0.5, 0.6) is 0 Å². The van der Waals surface area contributed by atoms with Crippen molar-refractivity contribution < 1.29 is 4.42 Å². The number of nitrogens with one attached hydrogen (secondary N) is 1. The molecule has 11 heavy (non-hydrogen) atoms. The Morgan fingerprint density at radius 2 is 2.45 bits per heavy atom. The first kappa shape index (κ1) is 7.88. The molecule has 1 heterocycles. The molecule has 0 bridgehead atoms. The van der Waals surface area contributed by atoms with E-state index in [0.29, 0.717) is 18.0 Å². The second-order valence-electron chi connectivity index (χ2n) is 2.32. The molecule has 3 nitrogen and oxygen atoms in total. The van der Waals surface area contributed by atoms with Gasteiger partial charge in [-0.3, -0.25) is 0 Å². The van der Waals surface area contributed by atoms with Gasteiger partial charge < -0.3 is 15.5 Å². The topological polar surface area (TPSA) is 51.2 Å². The van der Waals surface area contributed by atoms with Crippen LogP contribution in [0, 0.1) is 0 Å². The molecule has 1 aromatic heterocycles. The molecule has 0 atom stereocenters. The number of nitrogens with two attached hydrogens (primary N) is 1. The number of rotatable bonds is 3. The van der Waals surface area contributed by atoms with E-state index >= 15 is 0 Å². The molecule has 0 spiro atoms. The van der Waals surface area contributed by atoms with Crippen molar-refractivity contribution in [2.75, 3.05) is 7.05 Å². The molecular formula is C8H12N2O. The van der Waals surface area contributed by atoms with Crippen molar-refractivity contribution in [2.24, 2.45) is 5.73 Å². The lowest BCUT2D eigenvalue weighted by Gasteiger charge is -1.93. The standard InChI is InChI=1S/C8H12N2O/c1-6(9)8-4-3-7(11-8)5-10-2/h3-4,10H,1,5,9H2,2H3. The predicted octanol–water partition coefficient (Wildman–Crippen LogP) is 0.928. The van der Waals surface area contributed by atoms with Crippen molar-refractivity contribution in [3.63, 3.8) is 0 Å². The molecule has 0 unspecified atom stereocenters. The van der Waals surface area contributed by atoms with Crippen molar-refractivity contribution in [3.05, 3.63) is 30.2 Å². The van der Waals surface area contributed by atoms with Gasteiger partial charge in [-0.25, -0.2) is 0 Å². The predicted molar refractivity (Wildman–Crippen MR) is 44.7 cm³/mol. The second-order valence-corrected chi connectivity index (χ2v) is 2.32. The lowest BCUT2D eigenvalue weighted by molar-refractivity contribution is 0.485. The van der Waals surface area contributed by atoms with Crippen molar-refractivity contribution in [2.45, 2.75) is 6.54 Å². The fourth-order valence-electron chi connectivity index (χ4n) is 0.820. The molecule has 0 radical (unpaired) electrons. The normalized spacial score (nSPS) is 9.91. The minimum Gasteiger partial charge on any atom is -0.458 e. The zero-order valence-electron chi connectivity index (χ0n) is 6.55. The third-order valence-electron chi connectivity index (χ3n) is 1.33. The van der Waals surface area contributed by atoms with Crippen LogP contribution in [-0.2, 0) is 6.54 Å². The van der Waals surface area contributed by atoms with Gasteiger partial charge in [-0.05, 0) is 19.2 Å². The van der Waals surface area contributed by atoms with Crippen LogP contribution in [0.2, 0.25) is 0 Å². The zero-order valence-corrected chi connectivity index (χ0v) is 6.55. The van der Waals surface area contributed by atoms with Gasteiger partial charge in [0.1, 0.15) is 11.5 Å². The Kier molecular flexibility index (Phi) is 2.33. The summed E-state index contributed by atoms with van der Waals surface area (Å²) in [5.74, 6) is 1.52. The van der Waals surface area contributed by atoms with Gasteiger partial charge in [0.15, 0.2) is 0 Å². The van der Waals surface area contributed by atoms with Crippen molar-refractivity contribution in [3.8, 4) is 0 Å². The third kappa shape index (κ3) is 1.85. The van der Waals surface area contributed by atoms with Gasteiger partial charge in [0.05, 0.1) is 12.2 Å². The van der Waals surface area contributed by atoms with Gasteiger partial charge in [-0.15, -0.1) is 0 Å². The minimum atomic E-state index is 0.465. The van der Waals surface area contributed by atoms with Crippen LogP contribution in [0.1, 0.15) is 11.5 Å². The Morgan fingerprint density at radius 3 is 2.91 bits per heavy atom. The quantitative estimate of drug-likeness (QED) is 0.677. The molecule has 3 N–H and O–H groups in total. The lowest BCUT2D eigenvalue weighted by Crippen LogP contribution is -2.03. The van der Waals surface area contributed by atoms with Gasteiger partial charge in [-0.2, -0.15) is 0 Å². The highest BCUT2D eigenvalue weighted by molar-refractivity contribution is 5.54. The largest absolute Gasteiger partial charge is 0.458 e. The Balaban J connectivity index is 2.73. The van der Waals surface area contributed by atoms with Crippen molar-refractivity contribution in [1.82, 2.24) is 5.32 Å². The number of hydrogen-bond acceptors (Lipinski definition) is 3. The zero-order chi connectivity index (χ0) is 8.27. The van der Waals surface area contributed by atoms with Crippen molar-refractivity contribution >= 4 is 5.70 Å². The van der Waals surface area contributed by atoms with E-state index in [-0.39, 0.29) is 0 Å². The maximum atomic E-state index is 5.41. The van der Waals surface area contributed by atoms with Gasteiger partial charge >= 0.3 is 0 Å². The van der Waals surface area contributed by atoms with E-state index in [0.717, 1.165) is 5.76 Å². The monoisotopic (exact) mass is 152 g/mol. The van der Waals surface area contributed by atoms with Crippen LogP contribution in [0.15, 0.2) is 23.1 Å². The average molecular weight is 152 g/mol. The number of furan rings is 1. The molecule has 0 aromatic carbocycles. The van der Waals surface area contributed by atoms with E-state index in [4.69, 9.17) is 10.2 Å². The smallest absolute Gasteiger partial charge is 0.149 e. The number of hydrogen-bond donors (Lipinski definition) is 2. The molecule has 60 valence electrons. The van der Waals surface area contributed by atoms with Crippen LogP contribution < -0.4 is 11.1 Å². The summed E-state index contributed by atoms with van der Waals surface area (Å²) in [4.78, 5) is 0. The molecule has 0 aliphatic heterocycles. The van der Waals surface area contributed by atoms with Gasteiger partial charge in [-0.1, -0.05) is 6.58 Å². The summed E-state index contributed by atoms with van der Waals surface area (Å²) in [7, 11) is 1.86. The van der Waals surface area contributed by atoms with Gasteiger partial charge in [0, 0.05) is 0 Å². The average Bonchev–Trinajstić information content (AvgIpc) is 2.37. The van der Waals surface area contributed by atoms with Crippen LogP contribution in [0.3, 0.4) is 0 Å². The summed E-state index contributed by atoms with van der Waals surface area (Å²) in [6.45, 7) is 4.28. The second kappa shape index (κ2) is 3.25. The summed E-state index contributed by atoms with van der Waals surface area (Å²) < 4.78 is 5.30. The minimum absolute atomic E-state index is 0.465. The van der Waals surface area contributed by atoms with E-state index in [1.165, 1.54) is 0 Å². The Hall–Kier alpha value is -1.22. The molecule has 1 aromatic rings. The molecular weight excluding hydrogens is 140 g/mol. The molecule has 0 saturated heterocycles. The van der Waals surface area contributed by atoms with Gasteiger partial charge in [0.2, 0.25) is 0 Å². The Morgan fingerprint density at radius 1 is 1.73 bits per heavy atom. The van der Waals surface area contributed by atoms with E-state index in [1.54, 1.807) is 0 Å². The summed E-state index contributed by atoms with van der Waals surface area (Å²) in [5, 5.41) is 2.97. The first-order chi connectivity index (χ1) is 5.24. The van der Waals surface area contributed by atoms with Crippen LogP contribution in [-0.4, -0.2) is 7.05 Å². The van der Waals surface area contributed by atoms with E-state index in [9.17, 15) is 0 Å². The van der Waals surface area contributed by atoms with E-state index < -0.39 is 0 Å². The highest BCUT2D eigenvalue weighted by Crippen LogP contribution is 2.11. The summed E-state index contributed by atoms with van der Waals surface area (Å²) in [6, 6.07) is 3.69. The van der Waals surface area contributed by atoms with Crippen LogP contribution in [0.4, 0.5) is 0 Å². The highest BCUT2D eigenvalue weighted by Gasteiger charge is 2.00. The maximum Gasteiger partial charge on any atom is 0.149 e. The molecule has 0 aliphatic rings. The molecule has 1 rings (SSSR count). The first-order valence-corrected chi connectivity index (χ1v) is 3.42. The maximum absolute atomic E-state index is 5.41.